The average Bonchev–Trinajstić information content (AvgIpc) is 3.36. The minimum Gasteiger partial charge on any atom is -0.405 e. The molecule has 0 fully saturated rings. The molecule has 2 heterocycles. The zero-order valence-corrected chi connectivity index (χ0v) is 16.3. The highest BCUT2D eigenvalue weighted by Crippen LogP contribution is 2.48. The van der Waals surface area contributed by atoms with Gasteiger partial charge in [0.2, 0.25) is 0 Å². The summed E-state index contributed by atoms with van der Waals surface area (Å²) >= 11 is 0.974. The van der Waals surface area contributed by atoms with Crippen molar-refractivity contribution in [1.82, 2.24) is 20.6 Å². The third kappa shape index (κ3) is 4.82. The van der Waals surface area contributed by atoms with Gasteiger partial charge in [0.15, 0.2) is 5.82 Å². The van der Waals surface area contributed by atoms with Crippen LogP contribution < -0.4 is 9.47 Å². The Balaban J connectivity index is 1.93. The van der Waals surface area contributed by atoms with Gasteiger partial charge in [-0.05, 0) is 34.7 Å². The molecule has 1 N–H and O–H groups in total. The lowest BCUT2D eigenvalue weighted by Gasteiger charge is -2.15. The van der Waals surface area contributed by atoms with Crippen LogP contribution in [-0.4, -0.2) is 33.3 Å². The first-order valence-corrected chi connectivity index (χ1v) is 9.50. The van der Waals surface area contributed by atoms with Gasteiger partial charge in [-0.25, -0.2) is 5.10 Å². The molecule has 32 heavy (non-hydrogen) atoms. The van der Waals surface area contributed by atoms with Crippen LogP contribution in [0.25, 0.3) is 32.3 Å². The number of ether oxygens (including phenoxy) is 2. The first kappa shape index (κ1) is 21.6. The average molecular weight is 472 g/mol. The van der Waals surface area contributed by atoms with Crippen LogP contribution in [0.3, 0.4) is 0 Å². The van der Waals surface area contributed by atoms with E-state index in [1.165, 1.54) is 42.5 Å². The molecule has 2 aromatic heterocycles. The van der Waals surface area contributed by atoms with Gasteiger partial charge in [0, 0.05) is 21.6 Å². The minimum absolute atomic E-state index is 0.0108. The van der Waals surface area contributed by atoms with Crippen LogP contribution in [-0.2, 0) is 0 Å². The summed E-state index contributed by atoms with van der Waals surface area (Å²) < 4.78 is 85.9. The van der Waals surface area contributed by atoms with Gasteiger partial charge in [0.1, 0.15) is 11.5 Å². The molecule has 2 aromatic carbocycles. The number of hydrogen-bond donors (Lipinski definition) is 1. The van der Waals surface area contributed by atoms with Crippen molar-refractivity contribution >= 4 is 11.3 Å². The Morgan fingerprint density at radius 1 is 0.750 bits per heavy atom. The summed E-state index contributed by atoms with van der Waals surface area (Å²) in [6.45, 7) is 0. The number of aromatic nitrogens is 4. The summed E-state index contributed by atoms with van der Waals surface area (Å²) in [6, 6.07) is 12.1. The van der Waals surface area contributed by atoms with Crippen molar-refractivity contribution in [2.24, 2.45) is 0 Å². The van der Waals surface area contributed by atoms with Gasteiger partial charge >= 0.3 is 12.7 Å². The Morgan fingerprint density at radius 2 is 1.31 bits per heavy atom. The van der Waals surface area contributed by atoms with E-state index in [0.717, 1.165) is 23.5 Å². The summed E-state index contributed by atoms with van der Waals surface area (Å²) in [6.07, 6.45) is -9.94. The van der Waals surface area contributed by atoms with E-state index < -0.39 is 24.2 Å². The van der Waals surface area contributed by atoms with Gasteiger partial charge in [0.25, 0.3) is 0 Å². The van der Waals surface area contributed by atoms with Crippen molar-refractivity contribution in [3.63, 3.8) is 0 Å². The standard InChI is InChI=1S/C19H10F6N4O2S/c20-18(21,22)30-13-7-3-1-5-10(13)12-9-15(17-26-28-29-27-17)32-16(12)11-6-2-4-8-14(11)31-19(23,24)25/h1-9H,(H,26,27,28,29). The second-order valence-corrected chi connectivity index (χ2v) is 7.24. The van der Waals surface area contributed by atoms with Crippen LogP contribution in [0.15, 0.2) is 54.6 Å². The Kier molecular flexibility index (Phi) is 5.50. The second kappa shape index (κ2) is 8.15. The highest BCUT2D eigenvalue weighted by atomic mass is 32.1. The fourth-order valence-corrected chi connectivity index (χ4v) is 4.08. The monoisotopic (exact) mass is 472 g/mol. The van der Waals surface area contributed by atoms with Gasteiger partial charge in [-0.15, -0.1) is 42.8 Å². The van der Waals surface area contributed by atoms with E-state index in [9.17, 15) is 26.3 Å². The molecule has 0 aliphatic rings. The molecule has 0 atom stereocenters. The van der Waals surface area contributed by atoms with E-state index in [1.807, 2.05) is 0 Å². The summed E-state index contributed by atoms with van der Waals surface area (Å²) in [5.74, 6) is -0.846. The lowest BCUT2D eigenvalue weighted by atomic mass is 10.0. The molecule has 6 nitrogen and oxygen atoms in total. The van der Waals surface area contributed by atoms with Crippen molar-refractivity contribution in [3.05, 3.63) is 54.6 Å². The third-order valence-corrected chi connectivity index (χ3v) is 5.25. The quantitative estimate of drug-likeness (QED) is 0.358. The zero-order chi connectivity index (χ0) is 22.9. The molecule has 0 spiro atoms. The van der Waals surface area contributed by atoms with Crippen LogP contribution in [0.5, 0.6) is 11.5 Å². The predicted molar refractivity (Wildman–Crippen MR) is 102 cm³/mol. The molecule has 166 valence electrons. The zero-order valence-electron chi connectivity index (χ0n) is 15.5. The number of hydrogen-bond acceptors (Lipinski definition) is 6. The minimum atomic E-state index is -4.97. The second-order valence-electron chi connectivity index (χ2n) is 6.19. The Hall–Kier alpha value is -3.61. The van der Waals surface area contributed by atoms with Crippen molar-refractivity contribution < 1.29 is 35.8 Å². The highest BCUT2D eigenvalue weighted by Gasteiger charge is 2.34. The van der Waals surface area contributed by atoms with Crippen molar-refractivity contribution in [2.75, 3.05) is 0 Å². The third-order valence-electron chi connectivity index (χ3n) is 4.07. The molecule has 4 rings (SSSR count). The number of tetrazole rings is 1. The van der Waals surface area contributed by atoms with Crippen LogP contribution >= 0.6 is 11.3 Å². The lowest BCUT2D eigenvalue weighted by Crippen LogP contribution is -2.18. The Bertz CT molecular complexity index is 1140. The molecule has 0 aliphatic carbocycles. The fourth-order valence-electron chi connectivity index (χ4n) is 2.94. The van der Waals surface area contributed by atoms with Crippen LogP contribution in [0, 0.1) is 0 Å². The van der Waals surface area contributed by atoms with E-state index in [-0.39, 0.29) is 27.4 Å². The number of alkyl halides is 6. The first-order valence-electron chi connectivity index (χ1n) is 8.69. The number of H-pyrrole nitrogens is 1. The SMILES string of the molecule is FC(F)(F)Oc1ccccc1-c1cc(-c2nnn[nH]2)sc1-c1ccccc1OC(F)(F)F. The van der Waals surface area contributed by atoms with E-state index in [4.69, 9.17) is 0 Å². The van der Waals surface area contributed by atoms with Crippen molar-refractivity contribution in [2.45, 2.75) is 12.7 Å². The highest BCUT2D eigenvalue weighted by molar-refractivity contribution is 7.19. The molecule has 0 radical (unpaired) electrons. The normalized spacial score (nSPS) is 12.1. The molecular weight excluding hydrogens is 462 g/mol. The number of rotatable bonds is 5. The van der Waals surface area contributed by atoms with Crippen molar-refractivity contribution in [3.8, 4) is 43.8 Å². The van der Waals surface area contributed by atoms with Gasteiger partial charge in [-0.1, -0.05) is 30.3 Å². The molecular formula is C19H10F6N4O2S. The number of nitrogens with one attached hydrogen (secondary N) is 1. The topological polar surface area (TPSA) is 72.9 Å². The maximum atomic E-state index is 12.9. The Morgan fingerprint density at radius 3 is 1.88 bits per heavy atom. The molecule has 0 saturated heterocycles. The molecule has 0 bridgehead atoms. The smallest absolute Gasteiger partial charge is 0.405 e. The van der Waals surface area contributed by atoms with Crippen LogP contribution in [0.1, 0.15) is 0 Å². The fraction of sp³-hybridized carbons (Fsp3) is 0.105. The van der Waals surface area contributed by atoms with Crippen molar-refractivity contribution in [1.29, 1.82) is 0 Å². The van der Waals surface area contributed by atoms with Gasteiger partial charge < -0.3 is 9.47 Å². The number of halogens is 6. The molecule has 13 heteroatoms. The molecule has 0 saturated carbocycles. The molecule has 0 amide bonds. The molecule has 4 aromatic rings. The molecule has 0 aliphatic heterocycles. The van der Waals surface area contributed by atoms with Gasteiger partial charge in [-0.2, -0.15) is 0 Å². The van der Waals surface area contributed by atoms with E-state index >= 15 is 0 Å². The molecule has 0 unspecified atom stereocenters. The van der Waals surface area contributed by atoms with Gasteiger partial charge in [-0.3, -0.25) is 0 Å². The summed E-state index contributed by atoms with van der Waals surface area (Å²) in [7, 11) is 0. The number of nitrogens with zero attached hydrogens (tertiary/aromatic N) is 3. The number of para-hydroxylation sites is 2. The van der Waals surface area contributed by atoms with E-state index in [2.05, 4.69) is 30.1 Å². The predicted octanol–water partition coefficient (Wildman–Crippen LogP) is 6.06. The Labute approximate surface area is 179 Å². The first-order chi connectivity index (χ1) is 15.1. The van der Waals surface area contributed by atoms with Gasteiger partial charge in [0.05, 0.1) is 4.88 Å². The summed E-state index contributed by atoms with van der Waals surface area (Å²) in [5, 5.41) is 13.2. The lowest BCUT2D eigenvalue weighted by molar-refractivity contribution is -0.275. The number of aromatic amines is 1. The summed E-state index contributed by atoms with van der Waals surface area (Å²) in [4.78, 5) is 0.582. The van der Waals surface area contributed by atoms with E-state index in [1.54, 1.807) is 0 Å². The maximum absolute atomic E-state index is 12.9. The van der Waals surface area contributed by atoms with Crippen LogP contribution in [0.2, 0.25) is 0 Å². The number of thiophene rings is 1. The van der Waals surface area contributed by atoms with Crippen LogP contribution in [0.4, 0.5) is 26.3 Å². The largest absolute Gasteiger partial charge is 0.573 e. The van der Waals surface area contributed by atoms with E-state index in [0.29, 0.717) is 4.88 Å². The summed E-state index contributed by atoms with van der Waals surface area (Å²) in [5.41, 5.74) is 0.210. The number of benzene rings is 2. The maximum Gasteiger partial charge on any atom is 0.573 e.